The molecule has 0 spiro atoms. The van der Waals surface area contributed by atoms with Crippen LogP contribution in [0, 0.1) is 0 Å². The summed E-state index contributed by atoms with van der Waals surface area (Å²) >= 11 is 7.51. The molecule has 2 N–H and O–H groups in total. The molecule has 1 aromatic heterocycles. The third kappa shape index (κ3) is 1.80. The van der Waals surface area contributed by atoms with Gasteiger partial charge in [-0.25, -0.2) is 0 Å². The number of piperazine rings is 1. The molecule has 1 saturated heterocycles. The Kier molecular flexibility index (Phi) is 2.66. The Morgan fingerprint density at radius 3 is 2.92 bits per heavy atom. The van der Waals surface area contributed by atoms with Gasteiger partial charge in [0.15, 0.2) is 0 Å². The lowest BCUT2D eigenvalue weighted by atomic mass is 10.2. The fourth-order valence-corrected chi connectivity index (χ4v) is 2.51. The van der Waals surface area contributed by atoms with Crippen molar-refractivity contribution in [1.29, 1.82) is 0 Å². The lowest BCUT2D eigenvalue weighted by Gasteiger charge is -2.23. The summed E-state index contributed by atoms with van der Waals surface area (Å²) in [6.07, 6.45) is 0. The lowest BCUT2D eigenvalue weighted by molar-refractivity contribution is 0.435. The molecular weight excluding hydrogens is 192 g/mol. The number of rotatable bonds is 1. The third-order valence-corrected chi connectivity index (χ3v) is 3.32. The van der Waals surface area contributed by atoms with Gasteiger partial charge >= 0.3 is 0 Å². The minimum absolute atomic E-state index is 0.455. The van der Waals surface area contributed by atoms with E-state index in [9.17, 15) is 0 Å². The minimum atomic E-state index is 0.455. The van der Waals surface area contributed by atoms with Crippen molar-refractivity contribution >= 4 is 22.9 Å². The van der Waals surface area contributed by atoms with Gasteiger partial charge < -0.3 is 10.6 Å². The van der Waals surface area contributed by atoms with Crippen molar-refractivity contribution in [3.63, 3.8) is 0 Å². The van der Waals surface area contributed by atoms with E-state index in [2.05, 4.69) is 16.7 Å². The molecule has 0 saturated carbocycles. The van der Waals surface area contributed by atoms with Gasteiger partial charge in [-0.3, -0.25) is 0 Å². The molecule has 0 bridgehead atoms. The number of hydrogen-bond acceptors (Lipinski definition) is 3. The molecule has 2 rings (SSSR count). The Morgan fingerprint density at radius 2 is 2.33 bits per heavy atom. The van der Waals surface area contributed by atoms with Crippen molar-refractivity contribution in [3.8, 4) is 0 Å². The number of thiophene rings is 1. The van der Waals surface area contributed by atoms with Crippen LogP contribution in [0.25, 0.3) is 0 Å². The summed E-state index contributed by atoms with van der Waals surface area (Å²) in [5.41, 5.74) is 0. The zero-order chi connectivity index (χ0) is 8.39. The molecule has 1 aliphatic rings. The molecule has 0 unspecified atom stereocenters. The Hall–Kier alpha value is -0.0900. The van der Waals surface area contributed by atoms with Crippen molar-refractivity contribution in [3.05, 3.63) is 21.3 Å². The summed E-state index contributed by atoms with van der Waals surface area (Å²) in [5, 5.41) is 6.78. The van der Waals surface area contributed by atoms with E-state index in [0.717, 1.165) is 24.0 Å². The summed E-state index contributed by atoms with van der Waals surface area (Å²) in [6, 6.07) is 4.51. The Bertz CT molecular complexity index is 255. The Balaban J connectivity index is 2.08. The van der Waals surface area contributed by atoms with Crippen LogP contribution in [0.2, 0.25) is 4.34 Å². The van der Waals surface area contributed by atoms with E-state index in [4.69, 9.17) is 11.6 Å². The zero-order valence-electron chi connectivity index (χ0n) is 6.64. The number of nitrogens with one attached hydrogen (secondary N) is 2. The van der Waals surface area contributed by atoms with Crippen LogP contribution in [-0.2, 0) is 0 Å². The van der Waals surface area contributed by atoms with Gasteiger partial charge in [-0.05, 0) is 12.1 Å². The maximum absolute atomic E-state index is 5.85. The van der Waals surface area contributed by atoms with Crippen LogP contribution >= 0.6 is 22.9 Å². The molecule has 0 radical (unpaired) electrons. The van der Waals surface area contributed by atoms with Crippen molar-refractivity contribution in [1.82, 2.24) is 10.6 Å². The highest BCUT2D eigenvalue weighted by Crippen LogP contribution is 2.26. The van der Waals surface area contributed by atoms with Gasteiger partial charge in [0.1, 0.15) is 0 Å². The molecule has 0 aromatic carbocycles. The summed E-state index contributed by atoms with van der Waals surface area (Å²) in [5.74, 6) is 0. The van der Waals surface area contributed by atoms with E-state index in [1.165, 1.54) is 4.88 Å². The van der Waals surface area contributed by atoms with Gasteiger partial charge in [0, 0.05) is 24.5 Å². The van der Waals surface area contributed by atoms with Crippen LogP contribution in [0.4, 0.5) is 0 Å². The molecule has 0 amide bonds. The highest BCUT2D eigenvalue weighted by Gasteiger charge is 2.15. The normalized spacial score (nSPS) is 24.2. The Labute approximate surface area is 80.9 Å². The average Bonchev–Trinajstić information content (AvgIpc) is 2.54. The van der Waals surface area contributed by atoms with Crippen LogP contribution in [0.1, 0.15) is 10.9 Å². The third-order valence-electron chi connectivity index (χ3n) is 1.98. The van der Waals surface area contributed by atoms with Crippen molar-refractivity contribution in [2.24, 2.45) is 0 Å². The standard InChI is InChI=1S/C8H11ClN2S/c9-8-2-1-7(12-8)6-5-10-3-4-11-6/h1-2,6,10-11H,3-5H2/t6-/m1/s1. The SMILES string of the molecule is Clc1ccc([C@H]2CNCCN2)s1. The first-order valence-electron chi connectivity index (χ1n) is 4.05. The lowest BCUT2D eigenvalue weighted by Crippen LogP contribution is -2.42. The van der Waals surface area contributed by atoms with Gasteiger partial charge in [0.05, 0.1) is 10.4 Å². The minimum Gasteiger partial charge on any atom is -0.314 e. The fraction of sp³-hybridized carbons (Fsp3) is 0.500. The largest absolute Gasteiger partial charge is 0.314 e. The van der Waals surface area contributed by atoms with E-state index >= 15 is 0 Å². The second-order valence-electron chi connectivity index (χ2n) is 2.85. The average molecular weight is 203 g/mol. The second-order valence-corrected chi connectivity index (χ2v) is 4.60. The number of halogens is 1. The van der Waals surface area contributed by atoms with Gasteiger partial charge in [-0.2, -0.15) is 0 Å². The molecule has 2 heterocycles. The molecule has 66 valence electrons. The van der Waals surface area contributed by atoms with Crippen molar-refractivity contribution < 1.29 is 0 Å². The summed E-state index contributed by atoms with van der Waals surface area (Å²) < 4.78 is 0.873. The summed E-state index contributed by atoms with van der Waals surface area (Å²) in [6.45, 7) is 3.12. The molecule has 2 nitrogen and oxygen atoms in total. The highest BCUT2D eigenvalue weighted by molar-refractivity contribution is 7.16. The smallest absolute Gasteiger partial charge is 0.0931 e. The predicted molar refractivity (Wildman–Crippen MR) is 52.9 cm³/mol. The molecular formula is C8H11ClN2S. The van der Waals surface area contributed by atoms with Gasteiger partial charge in [0.25, 0.3) is 0 Å². The van der Waals surface area contributed by atoms with Crippen LogP contribution in [0.15, 0.2) is 12.1 Å². The van der Waals surface area contributed by atoms with E-state index in [-0.39, 0.29) is 0 Å². The van der Waals surface area contributed by atoms with Gasteiger partial charge in [-0.15, -0.1) is 11.3 Å². The van der Waals surface area contributed by atoms with Crippen LogP contribution in [-0.4, -0.2) is 19.6 Å². The maximum atomic E-state index is 5.85. The molecule has 1 aromatic rings. The zero-order valence-corrected chi connectivity index (χ0v) is 8.21. The van der Waals surface area contributed by atoms with Gasteiger partial charge in [-0.1, -0.05) is 11.6 Å². The van der Waals surface area contributed by atoms with Gasteiger partial charge in [0.2, 0.25) is 0 Å². The van der Waals surface area contributed by atoms with E-state index < -0.39 is 0 Å². The van der Waals surface area contributed by atoms with Crippen molar-refractivity contribution in [2.45, 2.75) is 6.04 Å². The first kappa shape index (κ1) is 8.51. The first-order chi connectivity index (χ1) is 5.86. The first-order valence-corrected chi connectivity index (χ1v) is 5.25. The maximum Gasteiger partial charge on any atom is 0.0931 e. The van der Waals surface area contributed by atoms with Crippen LogP contribution in [0.5, 0.6) is 0 Å². The molecule has 1 atom stereocenters. The van der Waals surface area contributed by atoms with Crippen molar-refractivity contribution in [2.75, 3.05) is 19.6 Å². The highest BCUT2D eigenvalue weighted by atomic mass is 35.5. The second kappa shape index (κ2) is 3.75. The van der Waals surface area contributed by atoms with E-state index in [1.54, 1.807) is 11.3 Å². The monoisotopic (exact) mass is 202 g/mol. The fourth-order valence-electron chi connectivity index (χ4n) is 1.37. The molecule has 1 fully saturated rings. The topological polar surface area (TPSA) is 24.1 Å². The molecule has 12 heavy (non-hydrogen) atoms. The molecule has 0 aliphatic carbocycles. The van der Waals surface area contributed by atoms with E-state index in [0.29, 0.717) is 6.04 Å². The van der Waals surface area contributed by atoms with Crippen LogP contribution in [0.3, 0.4) is 0 Å². The Morgan fingerprint density at radius 1 is 1.42 bits per heavy atom. The number of hydrogen-bond donors (Lipinski definition) is 2. The molecule has 4 heteroatoms. The molecule has 1 aliphatic heterocycles. The summed E-state index contributed by atoms with van der Waals surface area (Å²) in [4.78, 5) is 1.33. The van der Waals surface area contributed by atoms with Crippen LogP contribution < -0.4 is 10.6 Å². The van der Waals surface area contributed by atoms with E-state index in [1.807, 2.05) is 6.07 Å². The quantitative estimate of drug-likeness (QED) is 0.724. The summed E-state index contributed by atoms with van der Waals surface area (Å²) in [7, 11) is 0. The predicted octanol–water partition coefficient (Wildman–Crippen LogP) is 1.64.